The first-order valence-electron chi connectivity index (χ1n) is 0.900. The molecule has 0 spiro atoms. The van der Waals surface area contributed by atoms with Gasteiger partial charge < -0.3 is 11.0 Å². The normalized spacial score (nSPS) is 16.2. The Bertz CT molecular complexity index is 71.6. The van der Waals surface area contributed by atoms with E-state index >= 15 is 0 Å². The van der Waals surface area contributed by atoms with E-state index in [1.807, 2.05) is 0 Å². The zero-order valence-corrected chi connectivity index (χ0v) is 7.74. The molecule has 0 atom stereocenters. The Morgan fingerprint density at radius 3 is 0.800 bits per heavy atom. The fourth-order valence-corrected chi connectivity index (χ4v) is 0. The topological polar surface area (TPSA) is 144 Å². The fourth-order valence-electron chi connectivity index (χ4n) is 0. The molecular weight excluding hydrogens is 258 g/mol. The van der Waals surface area contributed by atoms with Gasteiger partial charge in [-0.3, -0.25) is 0 Å². The van der Waals surface area contributed by atoms with E-state index in [-0.39, 0.29) is 23.4 Å². The van der Waals surface area contributed by atoms with E-state index in [0.717, 1.165) is 0 Å². The molecule has 0 aliphatic rings. The molecule has 0 aromatic heterocycles. The standard InChI is InChI=1S/3ClH.Fe.6H2O/h3*1H;;6*1H2/q;;;+6;;;;;;/p-6. The third-order valence-electron chi connectivity index (χ3n) is 0. The van der Waals surface area contributed by atoms with Crippen molar-refractivity contribution < 1.29 is 37.9 Å². The molecule has 0 heterocycles. The molecule has 0 radical (unpaired) electrons. The van der Waals surface area contributed by atoms with Crippen LogP contribution in [-0.4, -0.2) is 27.7 Å². The molecule has 8 N–H and O–H groups in total. The minimum atomic E-state index is -6.81. The molecule has 0 bridgehead atoms. The SMILES string of the molecule is Cl.O.O.[OH][Fe]([OH])([OH])([OH])([Cl])[Cl]. The maximum atomic E-state index is 7.79. The molecule has 10 heteroatoms. The fraction of sp³-hybridized carbons (Fsp3) is 0. The summed E-state index contributed by atoms with van der Waals surface area (Å²) in [4.78, 5) is 0. The Balaban J connectivity index is -0.0000000600. The van der Waals surface area contributed by atoms with Gasteiger partial charge in [-0.05, 0) is 0 Å². The van der Waals surface area contributed by atoms with E-state index in [9.17, 15) is 0 Å². The second-order valence-electron chi connectivity index (χ2n) is 0.953. The summed E-state index contributed by atoms with van der Waals surface area (Å²) in [5.74, 6) is 0. The van der Waals surface area contributed by atoms with Crippen LogP contribution in [0.2, 0.25) is 0 Å². The number of halogens is 3. The van der Waals surface area contributed by atoms with Gasteiger partial charge in [0.1, 0.15) is 0 Å². The van der Waals surface area contributed by atoms with Crippen LogP contribution in [0, 0.1) is 0 Å². The predicted molar refractivity (Wildman–Crippen MR) is 35.1 cm³/mol. The van der Waals surface area contributed by atoms with Gasteiger partial charge in [-0.25, -0.2) is 0 Å². The molecular formula is H9Cl3FeO6. The Hall–Kier alpha value is 1.15. The average molecular weight is 267 g/mol. The van der Waals surface area contributed by atoms with Crippen molar-refractivity contribution in [2.24, 2.45) is 0 Å². The first-order valence-corrected chi connectivity index (χ1v) is 5.91. The van der Waals surface area contributed by atoms with Crippen molar-refractivity contribution in [3.63, 3.8) is 0 Å². The van der Waals surface area contributed by atoms with Gasteiger partial charge in [-0.15, -0.1) is 12.4 Å². The summed E-state index contributed by atoms with van der Waals surface area (Å²) in [5.41, 5.74) is 0. The van der Waals surface area contributed by atoms with E-state index < -0.39 is 10.2 Å². The van der Waals surface area contributed by atoms with Crippen molar-refractivity contribution in [2.45, 2.75) is 0 Å². The van der Waals surface area contributed by atoms with Crippen LogP contribution in [-0.2, 0) is 10.2 Å². The summed E-state index contributed by atoms with van der Waals surface area (Å²) in [6.45, 7) is 0. The first kappa shape index (κ1) is 22.5. The molecule has 0 aliphatic carbocycles. The molecule has 0 unspecified atom stereocenters. The van der Waals surface area contributed by atoms with Crippen LogP contribution in [0.1, 0.15) is 0 Å². The molecule has 10 heavy (non-hydrogen) atoms. The second-order valence-corrected chi connectivity index (χ2v) is 9.54. The first-order chi connectivity index (χ1) is 2.45. The quantitative estimate of drug-likeness (QED) is 0.373. The van der Waals surface area contributed by atoms with Crippen LogP contribution in [0.4, 0.5) is 0 Å². The van der Waals surface area contributed by atoms with Crippen LogP contribution in [0.25, 0.3) is 0 Å². The van der Waals surface area contributed by atoms with Crippen LogP contribution in [0.5, 0.6) is 0 Å². The monoisotopic (exact) mass is 266 g/mol. The van der Waals surface area contributed by atoms with Gasteiger partial charge in [-0.2, -0.15) is 0 Å². The van der Waals surface area contributed by atoms with Gasteiger partial charge in [0.25, 0.3) is 0 Å². The molecule has 0 rings (SSSR count). The summed E-state index contributed by atoms with van der Waals surface area (Å²) in [7, 11) is 1.54. The Kier molecular flexibility index (Phi) is 7.32. The molecule has 74 valence electrons. The van der Waals surface area contributed by atoms with E-state index in [2.05, 4.69) is 20.2 Å². The molecule has 0 saturated carbocycles. The number of hydrogen-bond acceptors (Lipinski definition) is 4. The summed E-state index contributed by atoms with van der Waals surface area (Å²) < 4.78 is 31.2. The average Bonchev–Trinajstić information content (AvgIpc) is 0.592. The number of rotatable bonds is 0. The Morgan fingerprint density at radius 1 is 0.800 bits per heavy atom. The summed E-state index contributed by atoms with van der Waals surface area (Å²) in [5, 5.41) is 0. The Labute approximate surface area is 70.7 Å². The third-order valence-corrected chi connectivity index (χ3v) is 0. The second kappa shape index (κ2) is 3.26. The summed E-state index contributed by atoms with van der Waals surface area (Å²) >= 11 is 0. The van der Waals surface area contributed by atoms with Gasteiger partial charge in [0.2, 0.25) is 0 Å². The van der Waals surface area contributed by atoms with Gasteiger partial charge in [0, 0.05) is 0 Å². The van der Waals surface area contributed by atoms with Crippen LogP contribution < -0.4 is 0 Å². The number of hydrogen-bond donors (Lipinski definition) is 4. The molecule has 0 fully saturated rings. The summed E-state index contributed by atoms with van der Waals surface area (Å²) in [6.07, 6.45) is 0. The van der Waals surface area contributed by atoms with Crippen molar-refractivity contribution >= 4 is 32.6 Å². The molecule has 0 aromatic rings. The molecule has 6 nitrogen and oxygen atoms in total. The molecule has 0 aromatic carbocycles. The Morgan fingerprint density at radius 2 is 0.800 bits per heavy atom. The zero-order valence-electron chi connectivity index (χ0n) is 4.31. The van der Waals surface area contributed by atoms with Crippen LogP contribution in [0.15, 0.2) is 0 Å². The zero-order chi connectivity index (χ0) is 6.41. The minimum absolute atomic E-state index is 0. The maximum absolute atomic E-state index is 7.79. The van der Waals surface area contributed by atoms with Gasteiger partial charge >= 0.3 is 47.2 Å². The van der Waals surface area contributed by atoms with Crippen molar-refractivity contribution in [3.8, 4) is 0 Å². The summed E-state index contributed by atoms with van der Waals surface area (Å²) in [6, 6.07) is 0. The van der Waals surface area contributed by atoms with Crippen molar-refractivity contribution in [1.82, 2.24) is 0 Å². The van der Waals surface area contributed by atoms with E-state index in [1.165, 1.54) is 0 Å². The van der Waals surface area contributed by atoms with E-state index in [4.69, 9.17) is 16.8 Å². The van der Waals surface area contributed by atoms with Crippen molar-refractivity contribution in [3.05, 3.63) is 0 Å². The van der Waals surface area contributed by atoms with Crippen LogP contribution >= 0.6 is 32.6 Å². The third kappa shape index (κ3) is 460. The van der Waals surface area contributed by atoms with Crippen molar-refractivity contribution in [1.29, 1.82) is 0 Å². The van der Waals surface area contributed by atoms with Gasteiger partial charge in [0.15, 0.2) is 0 Å². The molecule has 0 aliphatic heterocycles. The predicted octanol–water partition coefficient (Wildman–Crippen LogP) is -2.08. The van der Waals surface area contributed by atoms with E-state index in [1.54, 1.807) is 0 Å². The van der Waals surface area contributed by atoms with Gasteiger partial charge in [0.05, 0.1) is 0 Å². The van der Waals surface area contributed by atoms with Gasteiger partial charge in [-0.1, -0.05) is 0 Å². The van der Waals surface area contributed by atoms with Crippen molar-refractivity contribution in [2.75, 3.05) is 0 Å². The van der Waals surface area contributed by atoms with Crippen LogP contribution in [0.3, 0.4) is 0 Å². The molecule has 0 amide bonds. The molecule has 0 saturated heterocycles. The van der Waals surface area contributed by atoms with E-state index in [0.29, 0.717) is 0 Å².